The third kappa shape index (κ3) is 6.39. The Morgan fingerprint density at radius 3 is 2.24 bits per heavy atom. The Labute approximate surface area is 108 Å². The topological polar surface area (TPSA) is 29.5 Å². The Hall–Kier alpha value is -0.123. The van der Waals surface area contributed by atoms with Gasteiger partial charge in [0.25, 0.3) is 0 Å². The summed E-state index contributed by atoms with van der Waals surface area (Å²) in [5.41, 5.74) is 0. The van der Waals surface area contributed by atoms with Gasteiger partial charge in [0.1, 0.15) is 0 Å². The number of hydrogen-bond donors (Lipinski definition) is 1. The molecule has 0 heterocycles. The fraction of sp³-hybridized carbons (Fsp3) is 0.857. The van der Waals surface area contributed by atoms with Crippen LogP contribution in [0.3, 0.4) is 0 Å². The first-order chi connectivity index (χ1) is 7.60. The second kappa shape index (κ2) is 6.71. The van der Waals surface area contributed by atoms with Crippen molar-refractivity contribution in [3.63, 3.8) is 0 Å². The van der Waals surface area contributed by atoms with Gasteiger partial charge in [0.2, 0.25) is 0 Å². The van der Waals surface area contributed by atoms with Crippen molar-refractivity contribution < 1.29 is 9.53 Å². The molecule has 3 heteroatoms. The molecule has 0 rings (SSSR count). The van der Waals surface area contributed by atoms with E-state index in [1.54, 1.807) is 0 Å². The number of aliphatic hydroxyl groups is 1. The molecule has 0 amide bonds. The third-order valence-electron chi connectivity index (χ3n) is 3.59. The van der Waals surface area contributed by atoms with Crippen molar-refractivity contribution in [3.05, 3.63) is 12.2 Å². The molecular formula is C14H30O2Si. The van der Waals surface area contributed by atoms with Crippen molar-refractivity contribution in [2.24, 2.45) is 5.92 Å². The summed E-state index contributed by atoms with van der Waals surface area (Å²) < 4.78 is 6.14. The summed E-state index contributed by atoms with van der Waals surface area (Å²) in [6.45, 7) is 16.1. The Morgan fingerprint density at radius 1 is 1.29 bits per heavy atom. The van der Waals surface area contributed by atoms with Crippen LogP contribution in [0.2, 0.25) is 18.1 Å². The van der Waals surface area contributed by atoms with Gasteiger partial charge in [0.15, 0.2) is 8.32 Å². The highest BCUT2D eigenvalue weighted by Gasteiger charge is 2.37. The minimum Gasteiger partial charge on any atom is -0.417 e. The molecule has 1 N–H and O–H groups in total. The first-order valence-electron chi connectivity index (χ1n) is 6.55. The SMILES string of the molecule is C/C=C/[C@@H](O)C[C@H](C)CO[Si](C)(C)C(C)(C)C. The number of rotatable bonds is 6. The standard InChI is InChI=1S/C14H30O2Si/c1-8-9-13(15)10-12(2)11-16-17(6,7)14(3,4)5/h8-9,12-13,15H,10-11H2,1-7H3/b9-8+/t12-,13+/m0/s1. The molecule has 0 saturated heterocycles. The molecule has 2 atom stereocenters. The average Bonchev–Trinajstić information content (AvgIpc) is 2.13. The number of aliphatic hydroxyl groups excluding tert-OH is 1. The second-order valence-electron chi connectivity index (χ2n) is 6.51. The first-order valence-corrected chi connectivity index (χ1v) is 9.46. The molecule has 0 spiro atoms. The normalized spacial score (nSPS) is 17.4. The van der Waals surface area contributed by atoms with Crippen molar-refractivity contribution in [3.8, 4) is 0 Å². The van der Waals surface area contributed by atoms with Gasteiger partial charge in [-0.25, -0.2) is 0 Å². The summed E-state index contributed by atoms with van der Waals surface area (Å²) in [6.07, 6.45) is 4.17. The molecule has 0 aromatic carbocycles. The molecule has 0 fully saturated rings. The van der Waals surface area contributed by atoms with E-state index in [-0.39, 0.29) is 11.1 Å². The van der Waals surface area contributed by atoms with Crippen molar-refractivity contribution in [1.29, 1.82) is 0 Å². The summed E-state index contributed by atoms with van der Waals surface area (Å²) in [5.74, 6) is 0.398. The van der Waals surface area contributed by atoms with Gasteiger partial charge in [0.05, 0.1) is 6.10 Å². The van der Waals surface area contributed by atoms with Gasteiger partial charge in [-0.3, -0.25) is 0 Å². The Bertz CT molecular complexity index is 241. The van der Waals surface area contributed by atoms with E-state index < -0.39 is 8.32 Å². The molecule has 2 nitrogen and oxygen atoms in total. The third-order valence-corrected chi connectivity index (χ3v) is 8.09. The fourth-order valence-corrected chi connectivity index (χ4v) is 2.48. The lowest BCUT2D eigenvalue weighted by Crippen LogP contribution is -2.41. The molecule has 0 aliphatic heterocycles. The van der Waals surface area contributed by atoms with Gasteiger partial charge in [-0.1, -0.05) is 39.8 Å². The maximum atomic E-state index is 9.68. The number of hydrogen-bond acceptors (Lipinski definition) is 2. The van der Waals surface area contributed by atoms with Gasteiger partial charge in [0, 0.05) is 6.61 Å². The Kier molecular flexibility index (Phi) is 6.67. The molecule has 0 saturated carbocycles. The van der Waals surface area contributed by atoms with Gasteiger partial charge >= 0.3 is 0 Å². The van der Waals surface area contributed by atoms with E-state index in [2.05, 4.69) is 40.8 Å². The zero-order chi connectivity index (χ0) is 13.7. The van der Waals surface area contributed by atoms with Crippen molar-refractivity contribution in [2.75, 3.05) is 6.61 Å². The van der Waals surface area contributed by atoms with Crippen LogP contribution in [0.25, 0.3) is 0 Å². The van der Waals surface area contributed by atoms with Crippen LogP contribution in [0.15, 0.2) is 12.2 Å². The van der Waals surface area contributed by atoms with Gasteiger partial charge in [-0.05, 0) is 37.4 Å². The van der Waals surface area contributed by atoms with E-state index in [1.807, 2.05) is 19.1 Å². The van der Waals surface area contributed by atoms with E-state index in [0.717, 1.165) is 13.0 Å². The largest absolute Gasteiger partial charge is 0.417 e. The van der Waals surface area contributed by atoms with Crippen LogP contribution >= 0.6 is 0 Å². The quantitative estimate of drug-likeness (QED) is 0.577. The average molecular weight is 258 g/mol. The zero-order valence-electron chi connectivity index (χ0n) is 12.6. The maximum absolute atomic E-state index is 9.68. The molecule has 0 aromatic rings. The van der Waals surface area contributed by atoms with E-state index in [4.69, 9.17) is 4.43 Å². The summed E-state index contributed by atoms with van der Waals surface area (Å²) in [4.78, 5) is 0. The van der Waals surface area contributed by atoms with E-state index in [0.29, 0.717) is 5.92 Å². The van der Waals surface area contributed by atoms with Crippen LogP contribution in [0.1, 0.15) is 41.0 Å². The molecule has 0 radical (unpaired) electrons. The highest BCUT2D eigenvalue weighted by molar-refractivity contribution is 6.74. The Balaban J connectivity index is 4.12. The van der Waals surface area contributed by atoms with Crippen LogP contribution in [0.4, 0.5) is 0 Å². The summed E-state index contributed by atoms with van der Waals surface area (Å²) >= 11 is 0. The molecule has 0 aromatic heterocycles. The lowest BCUT2D eigenvalue weighted by atomic mass is 10.0. The van der Waals surface area contributed by atoms with Crippen molar-refractivity contribution >= 4 is 8.32 Å². The summed E-state index contributed by atoms with van der Waals surface area (Å²) in [7, 11) is -1.64. The predicted molar refractivity (Wildman–Crippen MR) is 77.8 cm³/mol. The van der Waals surface area contributed by atoms with Crippen LogP contribution in [-0.2, 0) is 4.43 Å². The van der Waals surface area contributed by atoms with Gasteiger partial charge < -0.3 is 9.53 Å². The predicted octanol–water partition coefficient (Wildman–Crippen LogP) is 3.97. The van der Waals surface area contributed by atoms with Crippen molar-refractivity contribution in [2.45, 2.75) is 65.3 Å². The van der Waals surface area contributed by atoms with E-state index in [1.165, 1.54) is 0 Å². The zero-order valence-corrected chi connectivity index (χ0v) is 13.6. The second-order valence-corrected chi connectivity index (χ2v) is 11.3. The van der Waals surface area contributed by atoms with E-state index in [9.17, 15) is 5.11 Å². The highest BCUT2D eigenvalue weighted by atomic mass is 28.4. The summed E-state index contributed by atoms with van der Waals surface area (Å²) in [6, 6.07) is 0. The minimum atomic E-state index is -1.64. The monoisotopic (exact) mass is 258 g/mol. The van der Waals surface area contributed by atoms with E-state index >= 15 is 0 Å². The smallest absolute Gasteiger partial charge is 0.191 e. The number of allylic oxidation sites excluding steroid dienone is 1. The van der Waals surface area contributed by atoms with Crippen LogP contribution in [0.5, 0.6) is 0 Å². The molecule has 102 valence electrons. The minimum absolute atomic E-state index is 0.259. The molecule has 0 bridgehead atoms. The molecular weight excluding hydrogens is 228 g/mol. The first kappa shape index (κ1) is 16.9. The summed E-state index contributed by atoms with van der Waals surface area (Å²) in [5, 5.41) is 9.94. The van der Waals surface area contributed by atoms with Crippen LogP contribution in [-0.4, -0.2) is 26.1 Å². The van der Waals surface area contributed by atoms with Gasteiger partial charge in [-0.2, -0.15) is 0 Å². The molecule has 17 heavy (non-hydrogen) atoms. The molecule has 0 aliphatic rings. The molecule has 0 aliphatic carbocycles. The molecule has 0 unspecified atom stereocenters. The lowest BCUT2D eigenvalue weighted by molar-refractivity contribution is 0.157. The van der Waals surface area contributed by atoms with Gasteiger partial charge in [-0.15, -0.1) is 0 Å². The fourth-order valence-electron chi connectivity index (χ4n) is 1.35. The highest BCUT2D eigenvalue weighted by Crippen LogP contribution is 2.36. The maximum Gasteiger partial charge on any atom is 0.191 e. The Morgan fingerprint density at radius 2 is 1.82 bits per heavy atom. The lowest BCUT2D eigenvalue weighted by Gasteiger charge is -2.37. The van der Waals surface area contributed by atoms with Crippen molar-refractivity contribution in [1.82, 2.24) is 0 Å². The van der Waals surface area contributed by atoms with Crippen LogP contribution in [0, 0.1) is 5.92 Å². The van der Waals surface area contributed by atoms with Crippen LogP contribution < -0.4 is 0 Å².